The van der Waals surface area contributed by atoms with E-state index in [0.29, 0.717) is 25.1 Å². The molecule has 0 fully saturated rings. The molecule has 1 aromatic heterocycles. The van der Waals surface area contributed by atoms with Crippen LogP contribution in [0.15, 0.2) is 48.6 Å². The minimum absolute atomic E-state index is 0. The molecular weight excluding hydrogens is 623 g/mol. The summed E-state index contributed by atoms with van der Waals surface area (Å²) >= 11 is 0. The van der Waals surface area contributed by atoms with E-state index in [1.54, 1.807) is 24.5 Å². The largest absolute Gasteiger partial charge is 0.496 e. The Balaban J connectivity index is 0.00000156. The molecule has 7 nitrogen and oxygen atoms in total. The number of amides is 1. The number of methoxy groups -OCH3 is 1. The predicted molar refractivity (Wildman–Crippen MR) is 116 cm³/mol. The molecule has 0 saturated heterocycles. The first kappa shape index (κ1) is 27.0. The molecule has 2 heterocycles. The van der Waals surface area contributed by atoms with Crippen LogP contribution in [0.5, 0.6) is 5.75 Å². The molecule has 1 aliphatic heterocycles. The zero-order valence-electron chi connectivity index (χ0n) is 18.6. The number of rotatable bonds is 9. The summed E-state index contributed by atoms with van der Waals surface area (Å²) in [7, 11) is 3.45. The van der Waals surface area contributed by atoms with Crippen LogP contribution in [0.3, 0.4) is 0 Å². The van der Waals surface area contributed by atoms with Gasteiger partial charge in [0.2, 0.25) is 0 Å². The van der Waals surface area contributed by atoms with Crippen molar-refractivity contribution in [2.24, 2.45) is 0 Å². The van der Waals surface area contributed by atoms with E-state index in [1.165, 1.54) is 17.3 Å². The van der Waals surface area contributed by atoms with E-state index in [2.05, 4.69) is 15.8 Å². The first-order valence-corrected chi connectivity index (χ1v) is 9.96. The molecule has 1 aromatic carbocycles. The summed E-state index contributed by atoms with van der Waals surface area (Å²) in [4.78, 5) is 16.0. The fraction of sp³-hybridized carbons (Fsp3) is 0.364. The number of benzene rings is 1. The van der Waals surface area contributed by atoms with Crippen LogP contribution in [-0.2, 0) is 11.2 Å². The number of nitrogens with zero attached hydrogens (tertiary/aromatic N) is 4. The van der Waals surface area contributed by atoms with E-state index >= 15 is 0 Å². The summed E-state index contributed by atoms with van der Waals surface area (Å²) in [6.45, 7) is 6.46. The number of halogens is 1. The normalized spacial score (nSPS) is 11.4. The maximum Gasteiger partial charge on any atom is 0.268 e. The van der Waals surface area contributed by atoms with Crippen LogP contribution in [0.4, 0.5) is 10.1 Å². The van der Waals surface area contributed by atoms with Gasteiger partial charge in [0.05, 0.1) is 13.3 Å². The van der Waals surface area contributed by atoms with Crippen LogP contribution < -0.4 is 15.1 Å². The Morgan fingerprint density at radius 3 is 2.68 bits per heavy atom. The SMILES string of the molecule is CC.COc1ccc(N(C)[N-]N2C=C2C(=O)NCCCc2cncc(F)c2)cc1C.[U]. The molecule has 0 bridgehead atoms. The average Bonchev–Trinajstić information content (AvgIpc) is 3.51. The third-order valence-electron chi connectivity index (χ3n) is 4.33. The average molecular weight is 653 g/mol. The first-order chi connectivity index (χ1) is 14.5. The van der Waals surface area contributed by atoms with Crippen LogP contribution >= 0.6 is 0 Å². The van der Waals surface area contributed by atoms with Gasteiger partial charge in [-0.1, -0.05) is 13.8 Å². The van der Waals surface area contributed by atoms with Crippen molar-refractivity contribution in [2.45, 2.75) is 33.6 Å². The Kier molecular flexibility index (Phi) is 11.6. The van der Waals surface area contributed by atoms with E-state index in [1.807, 2.05) is 46.0 Å². The van der Waals surface area contributed by atoms with Crippen LogP contribution in [0.1, 0.15) is 31.4 Å². The standard InChI is InChI=1S/C20H23FN5O2.C2H6.U/c1-14-9-17(6-7-19(14)28-3)25(2)24-26-13-18(26)20(27)23-8-4-5-15-10-16(21)12-22-11-15;1-2;/h6-7,9-13H,4-5,8H2,1-3H3,(H,23,27);1-2H3;/q-1;;. The van der Waals surface area contributed by atoms with E-state index in [4.69, 9.17) is 4.74 Å². The fourth-order valence-corrected chi connectivity index (χ4v) is 2.76. The number of pyridine rings is 1. The van der Waals surface area contributed by atoms with E-state index in [-0.39, 0.29) is 42.8 Å². The second-order valence-corrected chi connectivity index (χ2v) is 6.50. The van der Waals surface area contributed by atoms with Gasteiger partial charge in [-0.25, -0.2) is 4.39 Å². The van der Waals surface area contributed by atoms with Gasteiger partial charge in [-0.2, -0.15) is 0 Å². The van der Waals surface area contributed by atoms with Gasteiger partial charge >= 0.3 is 0 Å². The van der Waals surface area contributed by atoms with Crippen molar-refractivity contribution in [1.29, 1.82) is 0 Å². The quantitative estimate of drug-likeness (QED) is 0.327. The van der Waals surface area contributed by atoms with Crippen LogP contribution in [0, 0.1) is 43.9 Å². The summed E-state index contributed by atoms with van der Waals surface area (Å²) in [5, 5.41) is 6.07. The molecule has 0 spiro atoms. The fourth-order valence-electron chi connectivity index (χ4n) is 2.76. The van der Waals surface area contributed by atoms with Gasteiger partial charge < -0.3 is 25.6 Å². The number of hydrogen-bond donors (Lipinski definition) is 1. The monoisotopic (exact) mass is 652 g/mol. The Labute approximate surface area is 207 Å². The van der Waals surface area contributed by atoms with Gasteiger partial charge in [0.1, 0.15) is 17.3 Å². The Morgan fingerprint density at radius 1 is 1.29 bits per heavy atom. The third-order valence-corrected chi connectivity index (χ3v) is 4.33. The van der Waals surface area contributed by atoms with E-state index < -0.39 is 0 Å². The second-order valence-electron chi connectivity index (χ2n) is 6.50. The van der Waals surface area contributed by atoms with Crippen molar-refractivity contribution in [3.05, 3.63) is 71.0 Å². The molecule has 9 heteroatoms. The van der Waals surface area contributed by atoms with Crippen molar-refractivity contribution < 1.29 is 45.0 Å². The predicted octanol–water partition coefficient (Wildman–Crippen LogP) is 4.11. The molecule has 0 atom stereocenters. The van der Waals surface area contributed by atoms with Crippen molar-refractivity contribution in [2.75, 3.05) is 25.7 Å². The van der Waals surface area contributed by atoms with Gasteiger partial charge in [0, 0.05) is 55.7 Å². The summed E-state index contributed by atoms with van der Waals surface area (Å²) in [5.41, 5.74) is 7.58. The first-order valence-electron chi connectivity index (χ1n) is 9.96. The molecule has 0 aliphatic carbocycles. The third kappa shape index (κ3) is 8.17. The topological polar surface area (TPSA) is 71.6 Å². The Morgan fingerprint density at radius 2 is 2.03 bits per heavy atom. The molecule has 3 rings (SSSR count). The Bertz CT molecular complexity index is 894. The summed E-state index contributed by atoms with van der Waals surface area (Å²) in [5.74, 6) is 0.287. The number of aromatic nitrogens is 1. The van der Waals surface area contributed by atoms with Crippen LogP contribution in [-0.4, -0.2) is 36.6 Å². The number of anilines is 1. The van der Waals surface area contributed by atoms with Crippen molar-refractivity contribution in [3.8, 4) is 5.75 Å². The van der Waals surface area contributed by atoms with Gasteiger partial charge in [0.15, 0.2) is 0 Å². The molecule has 1 amide bonds. The van der Waals surface area contributed by atoms with Gasteiger partial charge in [-0.05, 0) is 62.2 Å². The molecule has 0 saturated carbocycles. The number of aryl methyl sites for hydroxylation is 2. The number of carbonyl (C=O) groups excluding carboxylic acids is 1. The molecule has 1 N–H and O–H groups in total. The van der Waals surface area contributed by atoms with Gasteiger partial charge in [-0.3, -0.25) is 9.78 Å². The summed E-state index contributed by atoms with van der Waals surface area (Å²) < 4.78 is 18.3. The molecule has 2 aromatic rings. The van der Waals surface area contributed by atoms with Crippen LogP contribution in [0.25, 0.3) is 5.53 Å². The molecule has 31 heavy (non-hydrogen) atoms. The van der Waals surface area contributed by atoms with Crippen LogP contribution in [0.2, 0.25) is 0 Å². The second kappa shape index (κ2) is 13.4. The van der Waals surface area contributed by atoms with Gasteiger partial charge in [-0.15, -0.1) is 0 Å². The maximum atomic E-state index is 13.1. The van der Waals surface area contributed by atoms with Crippen molar-refractivity contribution in [3.63, 3.8) is 0 Å². The zero-order valence-corrected chi connectivity index (χ0v) is 22.8. The molecule has 166 valence electrons. The van der Waals surface area contributed by atoms with Crippen molar-refractivity contribution in [1.82, 2.24) is 15.3 Å². The number of carbonyl (C=O) groups is 1. The number of ether oxygens (including phenoxy) is 1. The maximum absolute atomic E-state index is 13.1. The molecule has 0 radical (unpaired) electrons. The van der Waals surface area contributed by atoms with Gasteiger partial charge in [0.25, 0.3) is 5.91 Å². The van der Waals surface area contributed by atoms with E-state index in [0.717, 1.165) is 22.6 Å². The number of hydrogen-bond acceptors (Lipinski definition) is 5. The van der Waals surface area contributed by atoms with E-state index in [9.17, 15) is 9.18 Å². The van der Waals surface area contributed by atoms with Crippen molar-refractivity contribution >= 4 is 11.6 Å². The molecule has 0 unspecified atom stereocenters. The number of nitrogens with one attached hydrogen (secondary N) is 1. The smallest absolute Gasteiger partial charge is 0.268 e. The Hall–Kier alpha value is -2.08. The summed E-state index contributed by atoms with van der Waals surface area (Å²) in [6, 6.07) is 7.20. The minimum Gasteiger partial charge on any atom is -0.496 e. The minimum atomic E-state index is -0.349. The molecular formula is C22H29FN5O2U-. The zero-order chi connectivity index (χ0) is 22.1. The summed E-state index contributed by atoms with van der Waals surface area (Å²) in [6.07, 6.45) is 5.82. The molecule has 1 aliphatic rings.